The molecule has 7 heteroatoms. The standard InChI is InChI=1S/C18H24N4OS.ClH/c1-13-21-22-18(24-13)7-9-20-17(23)11-15-4-2-14(3-5-15)10-16-6-8-19-12-16;/h2-5,16,19H,6-12H2,1H3,(H,20,23);1H. The highest BCUT2D eigenvalue weighted by molar-refractivity contribution is 7.11. The van der Waals surface area contributed by atoms with Crippen LogP contribution in [0.4, 0.5) is 0 Å². The van der Waals surface area contributed by atoms with Crippen molar-refractivity contribution in [3.05, 3.63) is 45.4 Å². The molecule has 0 radical (unpaired) electrons. The predicted octanol–water partition coefficient (Wildman–Crippen LogP) is 2.32. The number of aryl methyl sites for hydroxylation is 1. The van der Waals surface area contributed by atoms with E-state index >= 15 is 0 Å². The van der Waals surface area contributed by atoms with Crippen LogP contribution in [-0.2, 0) is 24.1 Å². The van der Waals surface area contributed by atoms with Gasteiger partial charge >= 0.3 is 0 Å². The van der Waals surface area contributed by atoms with Crippen LogP contribution < -0.4 is 10.6 Å². The van der Waals surface area contributed by atoms with Crippen molar-refractivity contribution in [3.63, 3.8) is 0 Å². The summed E-state index contributed by atoms with van der Waals surface area (Å²) in [6.45, 7) is 4.81. The Morgan fingerprint density at radius 1 is 1.28 bits per heavy atom. The fourth-order valence-corrected chi connectivity index (χ4v) is 3.72. The van der Waals surface area contributed by atoms with E-state index in [0.717, 1.165) is 47.4 Å². The molecule has 0 bridgehead atoms. The topological polar surface area (TPSA) is 66.9 Å². The van der Waals surface area contributed by atoms with Gasteiger partial charge in [0, 0.05) is 13.0 Å². The summed E-state index contributed by atoms with van der Waals surface area (Å²) in [5, 5.41) is 16.3. The largest absolute Gasteiger partial charge is 0.355 e. The SMILES string of the molecule is Cc1nnc(CCNC(=O)Cc2ccc(CC3CCNC3)cc2)s1.Cl. The molecule has 0 saturated carbocycles. The second-order valence-corrected chi connectivity index (χ2v) is 7.64. The van der Waals surface area contributed by atoms with E-state index in [4.69, 9.17) is 0 Å². The van der Waals surface area contributed by atoms with Crippen LogP contribution in [0.3, 0.4) is 0 Å². The molecule has 2 heterocycles. The number of aromatic nitrogens is 2. The molecule has 1 atom stereocenters. The van der Waals surface area contributed by atoms with Gasteiger partial charge in [0.25, 0.3) is 0 Å². The van der Waals surface area contributed by atoms with E-state index < -0.39 is 0 Å². The lowest BCUT2D eigenvalue weighted by Gasteiger charge is -2.09. The van der Waals surface area contributed by atoms with E-state index in [2.05, 4.69) is 45.1 Å². The zero-order valence-electron chi connectivity index (χ0n) is 14.5. The highest BCUT2D eigenvalue weighted by Gasteiger charge is 2.14. The van der Waals surface area contributed by atoms with E-state index in [1.165, 1.54) is 12.0 Å². The Labute approximate surface area is 159 Å². The van der Waals surface area contributed by atoms with Crippen LogP contribution in [0, 0.1) is 12.8 Å². The van der Waals surface area contributed by atoms with Gasteiger partial charge in [0.15, 0.2) is 0 Å². The molecule has 3 rings (SSSR count). The lowest BCUT2D eigenvalue weighted by atomic mass is 9.97. The molecule has 2 N–H and O–H groups in total. The third-order valence-corrected chi connectivity index (χ3v) is 5.20. The number of nitrogens with zero attached hydrogens (tertiary/aromatic N) is 2. The van der Waals surface area contributed by atoms with Crippen molar-refractivity contribution in [3.8, 4) is 0 Å². The summed E-state index contributed by atoms with van der Waals surface area (Å²) in [6, 6.07) is 8.46. The molecule has 1 amide bonds. The van der Waals surface area contributed by atoms with Crippen LogP contribution in [0.15, 0.2) is 24.3 Å². The van der Waals surface area contributed by atoms with Gasteiger partial charge in [-0.25, -0.2) is 0 Å². The van der Waals surface area contributed by atoms with Gasteiger partial charge in [-0.05, 0) is 49.9 Å². The Hall–Kier alpha value is -1.50. The summed E-state index contributed by atoms with van der Waals surface area (Å²) >= 11 is 1.58. The highest BCUT2D eigenvalue weighted by Crippen LogP contribution is 2.16. The zero-order valence-corrected chi connectivity index (χ0v) is 16.1. The Morgan fingerprint density at radius 2 is 2.04 bits per heavy atom. The van der Waals surface area contributed by atoms with Gasteiger partial charge in [-0.2, -0.15) is 0 Å². The number of amides is 1. The minimum atomic E-state index is 0. The third-order valence-electron chi connectivity index (χ3n) is 4.30. The van der Waals surface area contributed by atoms with Gasteiger partial charge < -0.3 is 10.6 Å². The molecule has 1 saturated heterocycles. The molecule has 25 heavy (non-hydrogen) atoms. The van der Waals surface area contributed by atoms with Gasteiger partial charge in [-0.15, -0.1) is 33.9 Å². The van der Waals surface area contributed by atoms with Crippen LogP contribution >= 0.6 is 23.7 Å². The summed E-state index contributed by atoms with van der Waals surface area (Å²) < 4.78 is 0. The van der Waals surface area contributed by atoms with Crippen LogP contribution in [0.1, 0.15) is 27.6 Å². The maximum absolute atomic E-state index is 12.0. The summed E-state index contributed by atoms with van der Waals surface area (Å²) in [7, 11) is 0. The van der Waals surface area contributed by atoms with Crippen molar-refractivity contribution in [2.75, 3.05) is 19.6 Å². The van der Waals surface area contributed by atoms with Crippen molar-refractivity contribution in [2.45, 2.75) is 32.6 Å². The van der Waals surface area contributed by atoms with Crippen LogP contribution in [0.2, 0.25) is 0 Å². The molecular formula is C18H25ClN4OS. The Kier molecular flexibility index (Phi) is 7.81. The van der Waals surface area contributed by atoms with E-state index in [1.54, 1.807) is 11.3 Å². The molecule has 1 unspecified atom stereocenters. The first-order chi connectivity index (χ1) is 11.7. The number of rotatable bonds is 7. The van der Waals surface area contributed by atoms with E-state index in [0.29, 0.717) is 13.0 Å². The number of carbonyl (C=O) groups is 1. The van der Waals surface area contributed by atoms with Gasteiger partial charge in [0.2, 0.25) is 5.91 Å². The highest BCUT2D eigenvalue weighted by atomic mass is 35.5. The molecule has 1 aliphatic heterocycles. The number of carbonyl (C=O) groups excluding carboxylic acids is 1. The first kappa shape index (κ1) is 19.8. The number of hydrogen-bond acceptors (Lipinski definition) is 5. The van der Waals surface area contributed by atoms with E-state index in [1.807, 2.05) is 6.92 Å². The first-order valence-corrected chi connectivity index (χ1v) is 9.35. The normalized spacial score (nSPS) is 16.4. The van der Waals surface area contributed by atoms with Gasteiger partial charge in [0.05, 0.1) is 6.42 Å². The molecule has 0 aliphatic carbocycles. The molecule has 1 aliphatic rings. The summed E-state index contributed by atoms with van der Waals surface area (Å²) in [6.07, 6.45) is 3.56. The monoisotopic (exact) mass is 380 g/mol. The van der Waals surface area contributed by atoms with Gasteiger partial charge in [-0.3, -0.25) is 4.79 Å². The summed E-state index contributed by atoms with van der Waals surface area (Å²) in [5.74, 6) is 0.812. The third kappa shape index (κ3) is 6.38. The molecule has 2 aromatic rings. The number of benzene rings is 1. The zero-order chi connectivity index (χ0) is 16.8. The maximum atomic E-state index is 12.0. The molecule has 0 spiro atoms. The molecule has 1 aromatic heterocycles. The Balaban J connectivity index is 0.00000225. The van der Waals surface area contributed by atoms with Crippen LogP contribution in [0.25, 0.3) is 0 Å². The lowest BCUT2D eigenvalue weighted by molar-refractivity contribution is -0.120. The number of hydrogen-bond donors (Lipinski definition) is 2. The van der Waals surface area contributed by atoms with Crippen molar-refractivity contribution >= 4 is 29.7 Å². The molecular weight excluding hydrogens is 356 g/mol. The van der Waals surface area contributed by atoms with Gasteiger partial charge in [0.1, 0.15) is 10.0 Å². The minimum Gasteiger partial charge on any atom is -0.355 e. The van der Waals surface area contributed by atoms with E-state index in [9.17, 15) is 4.79 Å². The first-order valence-electron chi connectivity index (χ1n) is 8.53. The second-order valence-electron chi connectivity index (χ2n) is 6.37. The van der Waals surface area contributed by atoms with Crippen molar-refractivity contribution < 1.29 is 4.79 Å². The number of nitrogens with one attached hydrogen (secondary N) is 2. The summed E-state index contributed by atoms with van der Waals surface area (Å²) in [5.41, 5.74) is 2.42. The molecule has 1 aromatic carbocycles. The van der Waals surface area contributed by atoms with Crippen LogP contribution in [0.5, 0.6) is 0 Å². The number of halogens is 1. The fourth-order valence-electron chi connectivity index (χ4n) is 3.01. The molecule has 1 fully saturated rings. The van der Waals surface area contributed by atoms with E-state index in [-0.39, 0.29) is 18.3 Å². The average Bonchev–Trinajstić information content (AvgIpc) is 3.21. The molecule has 5 nitrogen and oxygen atoms in total. The minimum absolute atomic E-state index is 0. The van der Waals surface area contributed by atoms with Crippen molar-refractivity contribution in [1.29, 1.82) is 0 Å². The predicted molar refractivity (Wildman–Crippen MR) is 103 cm³/mol. The average molecular weight is 381 g/mol. The maximum Gasteiger partial charge on any atom is 0.224 e. The smallest absolute Gasteiger partial charge is 0.224 e. The molecule has 136 valence electrons. The quantitative estimate of drug-likeness (QED) is 0.773. The van der Waals surface area contributed by atoms with Gasteiger partial charge in [-0.1, -0.05) is 24.3 Å². The van der Waals surface area contributed by atoms with Crippen LogP contribution in [-0.4, -0.2) is 35.7 Å². The fraction of sp³-hybridized carbons (Fsp3) is 0.500. The van der Waals surface area contributed by atoms with Crippen molar-refractivity contribution in [1.82, 2.24) is 20.8 Å². The summed E-state index contributed by atoms with van der Waals surface area (Å²) in [4.78, 5) is 12.0. The lowest BCUT2D eigenvalue weighted by Crippen LogP contribution is -2.27. The van der Waals surface area contributed by atoms with Crippen molar-refractivity contribution in [2.24, 2.45) is 5.92 Å². The Morgan fingerprint density at radius 3 is 2.68 bits per heavy atom. The second kappa shape index (κ2) is 9.85. The Bertz CT molecular complexity index is 668.